The smallest absolute Gasteiger partial charge is 0.231 e. The lowest BCUT2D eigenvalue weighted by atomic mass is 10.0. The zero-order valence-corrected chi connectivity index (χ0v) is 11.1. The zero-order valence-electron chi connectivity index (χ0n) is 10.3. The Bertz CT molecular complexity index is 726. The summed E-state index contributed by atoms with van der Waals surface area (Å²) in [6.07, 6.45) is 1.59. The lowest BCUT2D eigenvalue weighted by Crippen LogP contribution is -2.01. The van der Waals surface area contributed by atoms with Gasteiger partial charge >= 0.3 is 0 Å². The number of thiophene rings is 1. The number of nitriles is 1. The lowest BCUT2D eigenvalue weighted by molar-refractivity contribution is 0.103. The molecule has 4 nitrogen and oxygen atoms in total. The second-order valence-corrected chi connectivity index (χ2v) is 5.06. The van der Waals surface area contributed by atoms with E-state index in [0.29, 0.717) is 17.1 Å². The van der Waals surface area contributed by atoms with Crippen LogP contribution in [0.25, 0.3) is 6.08 Å². The van der Waals surface area contributed by atoms with E-state index in [1.807, 2.05) is 23.6 Å². The lowest BCUT2D eigenvalue weighted by Gasteiger charge is -2.01. The fourth-order valence-electron chi connectivity index (χ4n) is 1.86. The quantitative estimate of drug-likeness (QED) is 0.493. The molecular weight excluding hydrogens is 274 g/mol. The average Bonchev–Trinajstić information content (AvgIpc) is 3.14. The Morgan fingerprint density at radius 2 is 2.15 bits per heavy atom. The van der Waals surface area contributed by atoms with Gasteiger partial charge < -0.3 is 9.47 Å². The van der Waals surface area contributed by atoms with Crippen LogP contribution in [0.2, 0.25) is 0 Å². The van der Waals surface area contributed by atoms with Crippen molar-refractivity contribution in [3.8, 4) is 17.6 Å². The minimum Gasteiger partial charge on any atom is -0.454 e. The molecule has 0 aliphatic carbocycles. The number of nitrogens with zero attached hydrogens (tertiary/aromatic N) is 1. The van der Waals surface area contributed by atoms with Gasteiger partial charge in [0.25, 0.3) is 0 Å². The first-order valence-corrected chi connectivity index (χ1v) is 6.75. The van der Waals surface area contributed by atoms with Gasteiger partial charge in [0.15, 0.2) is 11.5 Å². The molecule has 98 valence electrons. The first kappa shape index (κ1) is 12.5. The van der Waals surface area contributed by atoms with E-state index in [2.05, 4.69) is 0 Å². The minimum absolute atomic E-state index is 0.103. The molecular formula is C15H9NO3S. The van der Waals surface area contributed by atoms with Crippen LogP contribution in [0.5, 0.6) is 11.5 Å². The summed E-state index contributed by atoms with van der Waals surface area (Å²) in [5, 5.41) is 11.1. The second kappa shape index (κ2) is 5.19. The fourth-order valence-corrected chi connectivity index (χ4v) is 2.51. The maximum atomic E-state index is 12.3. The first-order valence-electron chi connectivity index (χ1n) is 5.87. The molecule has 2 heterocycles. The van der Waals surface area contributed by atoms with Gasteiger partial charge in [-0.1, -0.05) is 6.07 Å². The topological polar surface area (TPSA) is 59.3 Å². The zero-order chi connectivity index (χ0) is 13.9. The van der Waals surface area contributed by atoms with Crippen molar-refractivity contribution in [2.24, 2.45) is 0 Å². The fraction of sp³-hybridized carbons (Fsp3) is 0.0667. The van der Waals surface area contributed by atoms with E-state index in [1.54, 1.807) is 24.3 Å². The van der Waals surface area contributed by atoms with Crippen molar-refractivity contribution >= 4 is 23.2 Å². The van der Waals surface area contributed by atoms with Gasteiger partial charge in [0.1, 0.15) is 11.6 Å². The molecule has 2 aromatic rings. The van der Waals surface area contributed by atoms with Crippen LogP contribution in [0.4, 0.5) is 0 Å². The van der Waals surface area contributed by atoms with Gasteiger partial charge in [-0.2, -0.15) is 5.26 Å². The maximum absolute atomic E-state index is 12.3. The van der Waals surface area contributed by atoms with E-state index >= 15 is 0 Å². The predicted molar refractivity (Wildman–Crippen MR) is 74.8 cm³/mol. The van der Waals surface area contributed by atoms with E-state index in [0.717, 1.165) is 4.88 Å². The number of carbonyl (C=O) groups is 1. The molecule has 0 radical (unpaired) electrons. The third-order valence-corrected chi connectivity index (χ3v) is 3.65. The maximum Gasteiger partial charge on any atom is 0.231 e. The number of benzene rings is 1. The molecule has 3 rings (SSSR count). The van der Waals surface area contributed by atoms with Gasteiger partial charge in [0.05, 0.1) is 0 Å². The Hall–Kier alpha value is -2.58. The summed E-state index contributed by atoms with van der Waals surface area (Å²) in [5.41, 5.74) is 0.518. The second-order valence-electron chi connectivity index (χ2n) is 4.08. The van der Waals surface area contributed by atoms with Crippen molar-refractivity contribution in [1.82, 2.24) is 0 Å². The molecule has 0 saturated carbocycles. The molecule has 1 aliphatic rings. The summed E-state index contributed by atoms with van der Waals surface area (Å²) in [4.78, 5) is 13.2. The molecule has 0 saturated heterocycles. The summed E-state index contributed by atoms with van der Waals surface area (Å²) in [7, 11) is 0. The molecule has 1 aromatic carbocycles. The van der Waals surface area contributed by atoms with Crippen molar-refractivity contribution in [3.63, 3.8) is 0 Å². The van der Waals surface area contributed by atoms with Crippen molar-refractivity contribution in [3.05, 3.63) is 51.7 Å². The van der Waals surface area contributed by atoms with Crippen LogP contribution in [0.3, 0.4) is 0 Å². The standard InChI is InChI=1S/C15H9NO3S/c16-8-11(6-12-2-1-5-20-12)15(17)10-3-4-13-14(7-10)19-9-18-13/h1-7H,9H2/b11-6-. The van der Waals surface area contributed by atoms with Gasteiger partial charge in [-0.25, -0.2) is 0 Å². The minimum atomic E-state index is -0.320. The highest BCUT2D eigenvalue weighted by atomic mass is 32.1. The van der Waals surface area contributed by atoms with Gasteiger partial charge in [0.2, 0.25) is 12.6 Å². The highest BCUT2D eigenvalue weighted by molar-refractivity contribution is 7.10. The Morgan fingerprint density at radius 1 is 1.30 bits per heavy atom. The molecule has 0 bridgehead atoms. The predicted octanol–water partition coefficient (Wildman–Crippen LogP) is 3.27. The van der Waals surface area contributed by atoms with Crippen LogP contribution in [0, 0.1) is 11.3 Å². The number of hydrogen-bond donors (Lipinski definition) is 0. The molecule has 5 heteroatoms. The monoisotopic (exact) mass is 283 g/mol. The molecule has 0 unspecified atom stereocenters. The Balaban J connectivity index is 1.93. The number of carbonyl (C=O) groups excluding carboxylic acids is 1. The van der Waals surface area contributed by atoms with Crippen LogP contribution >= 0.6 is 11.3 Å². The van der Waals surface area contributed by atoms with Crippen LogP contribution < -0.4 is 9.47 Å². The summed E-state index contributed by atoms with van der Waals surface area (Å²) in [5.74, 6) is 0.825. The number of rotatable bonds is 3. The van der Waals surface area contributed by atoms with E-state index < -0.39 is 0 Å². The highest BCUT2D eigenvalue weighted by Crippen LogP contribution is 2.33. The first-order chi connectivity index (χ1) is 9.78. The number of ether oxygens (including phenoxy) is 2. The molecule has 0 fully saturated rings. The molecule has 0 N–H and O–H groups in total. The van der Waals surface area contributed by atoms with Crippen LogP contribution in [0.1, 0.15) is 15.2 Å². The number of Topliss-reactive ketones (excluding diaryl/α,β-unsaturated/α-hetero) is 1. The van der Waals surface area contributed by atoms with Gasteiger partial charge in [0, 0.05) is 10.4 Å². The summed E-state index contributed by atoms with van der Waals surface area (Å²) in [6.45, 7) is 0.156. The van der Waals surface area contributed by atoms with Crippen LogP contribution in [0.15, 0.2) is 41.3 Å². The number of fused-ring (bicyclic) bond motifs is 1. The van der Waals surface area contributed by atoms with Crippen molar-refractivity contribution < 1.29 is 14.3 Å². The molecule has 0 amide bonds. The summed E-state index contributed by atoms with van der Waals surface area (Å²) in [6, 6.07) is 10.6. The third-order valence-electron chi connectivity index (χ3n) is 2.83. The van der Waals surface area contributed by atoms with Crippen molar-refractivity contribution in [2.75, 3.05) is 6.79 Å². The molecule has 0 spiro atoms. The summed E-state index contributed by atoms with van der Waals surface area (Å²) < 4.78 is 10.4. The van der Waals surface area contributed by atoms with E-state index in [-0.39, 0.29) is 18.1 Å². The van der Waals surface area contributed by atoms with Crippen molar-refractivity contribution in [1.29, 1.82) is 5.26 Å². The van der Waals surface area contributed by atoms with E-state index in [9.17, 15) is 4.79 Å². The average molecular weight is 283 g/mol. The normalized spacial score (nSPS) is 13.1. The number of ketones is 1. The third kappa shape index (κ3) is 2.29. The van der Waals surface area contributed by atoms with Crippen LogP contribution in [-0.4, -0.2) is 12.6 Å². The molecule has 0 atom stereocenters. The van der Waals surface area contributed by atoms with Gasteiger partial charge in [-0.3, -0.25) is 4.79 Å². The number of allylic oxidation sites excluding steroid dienone is 1. The molecule has 20 heavy (non-hydrogen) atoms. The SMILES string of the molecule is N#C/C(=C/c1cccs1)C(=O)c1ccc2c(c1)OCO2. The molecule has 1 aromatic heterocycles. The molecule has 1 aliphatic heterocycles. The van der Waals surface area contributed by atoms with Gasteiger partial charge in [-0.15, -0.1) is 11.3 Å². The van der Waals surface area contributed by atoms with Crippen molar-refractivity contribution in [2.45, 2.75) is 0 Å². The Kier molecular flexibility index (Phi) is 3.23. The Morgan fingerprint density at radius 3 is 2.90 bits per heavy atom. The van der Waals surface area contributed by atoms with E-state index in [1.165, 1.54) is 11.3 Å². The Labute approximate surface area is 119 Å². The van der Waals surface area contributed by atoms with Gasteiger partial charge in [-0.05, 0) is 35.7 Å². The summed E-state index contributed by atoms with van der Waals surface area (Å²) >= 11 is 1.47. The van der Waals surface area contributed by atoms with E-state index in [4.69, 9.17) is 14.7 Å². The van der Waals surface area contributed by atoms with Crippen LogP contribution in [-0.2, 0) is 0 Å². The highest BCUT2D eigenvalue weighted by Gasteiger charge is 2.18. The number of hydrogen-bond acceptors (Lipinski definition) is 5. The largest absolute Gasteiger partial charge is 0.454 e.